The molecule has 13 heavy (non-hydrogen) atoms. The quantitative estimate of drug-likeness (QED) is 0.657. The summed E-state index contributed by atoms with van der Waals surface area (Å²) < 4.78 is 11.3. The Morgan fingerprint density at radius 1 is 1.38 bits per heavy atom. The van der Waals surface area contributed by atoms with Gasteiger partial charge in [-0.15, -0.1) is 0 Å². The van der Waals surface area contributed by atoms with Gasteiger partial charge in [0.2, 0.25) is 0 Å². The minimum atomic E-state index is 0.0755. The summed E-state index contributed by atoms with van der Waals surface area (Å²) in [5, 5.41) is 0. The van der Waals surface area contributed by atoms with E-state index in [9.17, 15) is 0 Å². The third kappa shape index (κ3) is 3.28. The van der Waals surface area contributed by atoms with Gasteiger partial charge in [0.1, 0.15) is 0 Å². The van der Waals surface area contributed by atoms with Crippen LogP contribution in [-0.2, 0) is 9.47 Å². The zero-order valence-electron chi connectivity index (χ0n) is 9.08. The van der Waals surface area contributed by atoms with Crippen molar-refractivity contribution in [1.29, 1.82) is 0 Å². The maximum Gasteiger partial charge on any atom is 0.160 e. The fourth-order valence-corrected chi connectivity index (χ4v) is 1.78. The average Bonchev–Trinajstić information content (AvgIpc) is 2.54. The smallest absolute Gasteiger partial charge is 0.160 e. The van der Waals surface area contributed by atoms with Gasteiger partial charge in [-0.2, -0.15) is 0 Å². The molecule has 0 aromatic rings. The van der Waals surface area contributed by atoms with Gasteiger partial charge in [-0.25, -0.2) is 0 Å². The summed E-state index contributed by atoms with van der Waals surface area (Å²) in [6, 6.07) is 0. The van der Waals surface area contributed by atoms with Crippen molar-refractivity contribution in [2.24, 2.45) is 5.92 Å². The molecule has 0 amide bonds. The maximum atomic E-state index is 5.69. The molecule has 1 heterocycles. The van der Waals surface area contributed by atoms with E-state index in [2.05, 4.69) is 20.8 Å². The molecular formula is C11H22O2. The summed E-state index contributed by atoms with van der Waals surface area (Å²) in [5.41, 5.74) is 0. The Hall–Kier alpha value is -0.0800. The molecule has 1 aliphatic heterocycles. The molecule has 1 fully saturated rings. The van der Waals surface area contributed by atoms with Crippen molar-refractivity contribution in [2.45, 2.75) is 58.8 Å². The topological polar surface area (TPSA) is 18.5 Å². The van der Waals surface area contributed by atoms with Crippen molar-refractivity contribution in [3.8, 4) is 0 Å². The van der Waals surface area contributed by atoms with Gasteiger partial charge in [0, 0.05) is 5.92 Å². The third-order valence-electron chi connectivity index (χ3n) is 2.70. The number of hydrogen-bond donors (Lipinski definition) is 0. The van der Waals surface area contributed by atoms with E-state index in [4.69, 9.17) is 9.47 Å². The second-order valence-corrected chi connectivity index (χ2v) is 3.96. The highest BCUT2D eigenvalue weighted by molar-refractivity contribution is 4.68. The fourth-order valence-electron chi connectivity index (χ4n) is 1.78. The number of hydrogen-bond acceptors (Lipinski definition) is 2. The zero-order chi connectivity index (χ0) is 9.68. The molecule has 0 aromatic carbocycles. The van der Waals surface area contributed by atoms with E-state index in [1.165, 1.54) is 19.3 Å². The number of ether oxygens (including phenoxy) is 2. The van der Waals surface area contributed by atoms with Crippen LogP contribution in [0.1, 0.15) is 46.5 Å². The van der Waals surface area contributed by atoms with Crippen LogP contribution < -0.4 is 0 Å². The normalized spacial score (nSPS) is 30.7. The Morgan fingerprint density at radius 3 is 2.62 bits per heavy atom. The van der Waals surface area contributed by atoms with Gasteiger partial charge in [-0.3, -0.25) is 0 Å². The molecule has 0 aromatic heterocycles. The second kappa shape index (κ2) is 5.61. The second-order valence-electron chi connectivity index (χ2n) is 3.96. The molecule has 1 aliphatic rings. The Kier molecular flexibility index (Phi) is 4.74. The minimum absolute atomic E-state index is 0.0755. The summed E-state index contributed by atoms with van der Waals surface area (Å²) in [6.45, 7) is 7.29. The molecule has 0 bridgehead atoms. The van der Waals surface area contributed by atoms with E-state index < -0.39 is 0 Å². The standard InChI is InChI=1S/C11H22O2/c1-4-6-7-10(5-2)11-12-8-9(3)13-11/h9-11H,4-8H2,1-3H3. The van der Waals surface area contributed by atoms with Crippen molar-refractivity contribution in [1.82, 2.24) is 0 Å². The Labute approximate surface area is 81.6 Å². The first-order valence-corrected chi connectivity index (χ1v) is 5.55. The van der Waals surface area contributed by atoms with Crippen molar-refractivity contribution in [3.63, 3.8) is 0 Å². The molecule has 0 aliphatic carbocycles. The van der Waals surface area contributed by atoms with Crippen molar-refractivity contribution in [2.75, 3.05) is 6.61 Å². The van der Waals surface area contributed by atoms with Crippen LogP contribution in [0.3, 0.4) is 0 Å². The van der Waals surface area contributed by atoms with Crippen LogP contribution in [-0.4, -0.2) is 19.0 Å². The third-order valence-corrected chi connectivity index (χ3v) is 2.70. The predicted octanol–water partition coefficient (Wildman–Crippen LogP) is 2.96. The summed E-state index contributed by atoms with van der Waals surface area (Å²) in [5.74, 6) is 0.602. The summed E-state index contributed by atoms with van der Waals surface area (Å²) in [6.07, 6.45) is 5.32. The van der Waals surface area contributed by atoms with Crippen LogP contribution in [0, 0.1) is 5.92 Å². The van der Waals surface area contributed by atoms with Crippen LogP contribution in [0.15, 0.2) is 0 Å². The molecule has 3 unspecified atom stereocenters. The van der Waals surface area contributed by atoms with Gasteiger partial charge in [-0.1, -0.05) is 26.7 Å². The zero-order valence-corrected chi connectivity index (χ0v) is 9.08. The van der Waals surface area contributed by atoms with Gasteiger partial charge in [0.15, 0.2) is 6.29 Å². The monoisotopic (exact) mass is 186 g/mol. The van der Waals surface area contributed by atoms with E-state index >= 15 is 0 Å². The summed E-state index contributed by atoms with van der Waals surface area (Å²) in [7, 11) is 0. The van der Waals surface area contributed by atoms with E-state index in [1.54, 1.807) is 0 Å². The molecule has 0 radical (unpaired) electrons. The molecule has 1 rings (SSSR count). The molecule has 0 spiro atoms. The van der Waals surface area contributed by atoms with E-state index in [0.29, 0.717) is 12.0 Å². The highest BCUT2D eigenvalue weighted by atomic mass is 16.7. The summed E-state index contributed by atoms with van der Waals surface area (Å²) in [4.78, 5) is 0. The van der Waals surface area contributed by atoms with Crippen LogP contribution in [0.4, 0.5) is 0 Å². The summed E-state index contributed by atoms with van der Waals surface area (Å²) >= 11 is 0. The largest absolute Gasteiger partial charge is 0.350 e. The van der Waals surface area contributed by atoms with E-state index in [0.717, 1.165) is 13.0 Å². The molecule has 0 saturated carbocycles. The Bertz CT molecular complexity index is 136. The first-order chi connectivity index (χ1) is 6.27. The predicted molar refractivity (Wildman–Crippen MR) is 53.6 cm³/mol. The molecule has 78 valence electrons. The van der Waals surface area contributed by atoms with E-state index in [1.807, 2.05) is 0 Å². The molecule has 0 N–H and O–H groups in total. The molecule has 2 nitrogen and oxygen atoms in total. The first kappa shape index (κ1) is 11.0. The number of unbranched alkanes of at least 4 members (excludes halogenated alkanes) is 1. The fraction of sp³-hybridized carbons (Fsp3) is 1.00. The maximum absolute atomic E-state index is 5.69. The van der Waals surface area contributed by atoms with Gasteiger partial charge >= 0.3 is 0 Å². The lowest BCUT2D eigenvalue weighted by Gasteiger charge is -2.20. The minimum Gasteiger partial charge on any atom is -0.350 e. The van der Waals surface area contributed by atoms with Crippen molar-refractivity contribution >= 4 is 0 Å². The first-order valence-electron chi connectivity index (χ1n) is 5.55. The van der Waals surface area contributed by atoms with Gasteiger partial charge in [0.25, 0.3) is 0 Å². The Balaban J connectivity index is 2.29. The Morgan fingerprint density at radius 2 is 2.15 bits per heavy atom. The van der Waals surface area contributed by atoms with Gasteiger partial charge < -0.3 is 9.47 Å². The molecule has 2 heteroatoms. The lowest BCUT2D eigenvalue weighted by Crippen LogP contribution is -2.21. The number of rotatable bonds is 5. The van der Waals surface area contributed by atoms with Gasteiger partial charge in [0.05, 0.1) is 12.7 Å². The molecular weight excluding hydrogens is 164 g/mol. The van der Waals surface area contributed by atoms with Crippen LogP contribution in [0.2, 0.25) is 0 Å². The SMILES string of the molecule is CCCCC(CC)C1OCC(C)O1. The van der Waals surface area contributed by atoms with E-state index in [-0.39, 0.29) is 6.29 Å². The van der Waals surface area contributed by atoms with Crippen LogP contribution in [0.25, 0.3) is 0 Å². The highest BCUT2D eigenvalue weighted by Crippen LogP contribution is 2.25. The highest BCUT2D eigenvalue weighted by Gasteiger charge is 2.28. The van der Waals surface area contributed by atoms with Crippen LogP contribution in [0.5, 0.6) is 0 Å². The lowest BCUT2D eigenvalue weighted by molar-refractivity contribution is -0.0973. The van der Waals surface area contributed by atoms with Gasteiger partial charge in [-0.05, 0) is 19.8 Å². The molecule has 3 atom stereocenters. The molecule has 1 saturated heterocycles. The lowest BCUT2D eigenvalue weighted by atomic mass is 9.99. The van der Waals surface area contributed by atoms with Crippen LogP contribution >= 0.6 is 0 Å². The van der Waals surface area contributed by atoms with Crippen molar-refractivity contribution < 1.29 is 9.47 Å². The average molecular weight is 186 g/mol. The van der Waals surface area contributed by atoms with Crippen molar-refractivity contribution in [3.05, 3.63) is 0 Å².